The number of aromatic nitrogens is 1. The van der Waals surface area contributed by atoms with Crippen molar-refractivity contribution in [3.05, 3.63) is 58.9 Å². The van der Waals surface area contributed by atoms with Crippen LogP contribution < -0.4 is 4.90 Å². The van der Waals surface area contributed by atoms with Crippen molar-refractivity contribution in [1.29, 1.82) is 0 Å². The van der Waals surface area contributed by atoms with Gasteiger partial charge in [0, 0.05) is 51.2 Å². The van der Waals surface area contributed by atoms with Gasteiger partial charge in [0.1, 0.15) is 5.60 Å². The summed E-state index contributed by atoms with van der Waals surface area (Å²) in [5.74, 6) is 0. The highest BCUT2D eigenvalue weighted by molar-refractivity contribution is 5.70. The number of ether oxygens (including phenoxy) is 2. The Bertz CT molecular complexity index is 1200. The van der Waals surface area contributed by atoms with E-state index in [2.05, 4.69) is 46.0 Å². The van der Waals surface area contributed by atoms with Gasteiger partial charge in [-0.15, -0.1) is 0 Å². The SMILES string of the molecule is CN(CC1Cc2c(cccc2N2CCN(C3COC3)CC2)CN1C(=O)OC(C)(C)C)C1CCCc2cccnc21. The fourth-order valence-electron chi connectivity index (χ4n) is 6.89. The molecule has 2 fully saturated rings. The Morgan fingerprint density at radius 3 is 2.60 bits per heavy atom. The average Bonchev–Trinajstić information content (AvgIpc) is 2.90. The number of piperazine rings is 1. The predicted molar refractivity (Wildman–Crippen MR) is 157 cm³/mol. The number of rotatable bonds is 5. The zero-order valence-electron chi connectivity index (χ0n) is 24.6. The fourth-order valence-corrected chi connectivity index (χ4v) is 6.89. The van der Waals surface area contributed by atoms with Crippen LogP contribution in [0.15, 0.2) is 36.5 Å². The third kappa shape index (κ3) is 5.71. The van der Waals surface area contributed by atoms with Gasteiger partial charge in [-0.3, -0.25) is 19.7 Å². The molecule has 2 saturated heterocycles. The topological polar surface area (TPSA) is 61.4 Å². The Balaban J connectivity index is 1.24. The molecule has 3 aliphatic heterocycles. The van der Waals surface area contributed by atoms with Crippen LogP contribution in [0, 0.1) is 0 Å². The van der Waals surface area contributed by atoms with Crippen molar-refractivity contribution in [2.45, 2.75) is 76.7 Å². The van der Waals surface area contributed by atoms with E-state index in [1.807, 2.05) is 37.9 Å². The minimum absolute atomic E-state index is 0.0241. The number of hydrogen-bond acceptors (Lipinski definition) is 7. The monoisotopic (exact) mass is 547 g/mol. The van der Waals surface area contributed by atoms with Crippen LogP contribution in [0.1, 0.15) is 62.0 Å². The zero-order valence-corrected chi connectivity index (χ0v) is 24.6. The first kappa shape index (κ1) is 27.5. The van der Waals surface area contributed by atoms with Crippen molar-refractivity contribution < 1.29 is 14.3 Å². The van der Waals surface area contributed by atoms with Crippen LogP contribution in [0.4, 0.5) is 10.5 Å². The van der Waals surface area contributed by atoms with Gasteiger partial charge in [0.05, 0.1) is 37.0 Å². The number of nitrogens with zero attached hydrogens (tertiary/aromatic N) is 5. The molecule has 4 heterocycles. The number of anilines is 1. The maximum Gasteiger partial charge on any atom is 0.410 e. The van der Waals surface area contributed by atoms with E-state index in [1.165, 1.54) is 34.5 Å². The van der Waals surface area contributed by atoms with Crippen LogP contribution in [-0.4, -0.2) is 96.4 Å². The van der Waals surface area contributed by atoms with Crippen molar-refractivity contribution >= 4 is 11.8 Å². The van der Waals surface area contributed by atoms with Gasteiger partial charge in [-0.05, 0) is 82.3 Å². The molecule has 1 aromatic carbocycles. The molecule has 0 spiro atoms. The minimum Gasteiger partial charge on any atom is -0.444 e. The highest BCUT2D eigenvalue weighted by Crippen LogP contribution is 2.36. The van der Waals surface area contributed by atoms with Crippen molar-refractivity contribution in [2.24, 2.45) is 0 Å². The molecule has 2 atom stereocenters. The van der Waals surface area contributed by atoms with Gasteiger partial charge in [-0.2, -0.15) is 0 Å². The van der Waals surface area contributed by atoms with Gasteiger partial charge in [0.25, 0.3) is 0 Å². The third-order valence-corrected chi connectivity index (χ3v) is 9.09. The van der Waals surface area contributed by atoms with E-state index < -0.39 is 5.60 Å². The van der Waals surface area contributed by atoms with Crippen LogP contribution in [-0.2, 0) is 28.9 Å². The van der Waals surface area contributed by atoms with E-state index in [1.54, 1.807) is 0 Å². The lowest BCUT2D eigenvalue weighted by Crippen LogP contribution is -2.57. The Morgan fingerprint density at radius 2 is 1.88 bits per heavy atom. The molecule has 8 heteroatoms. The number of carbonyl (C=O) groups excluding carboxylic acids is 1. The number of aryl methyl sites for hydroxylation is 1. The van der Waals surface area contributed by atoms with E-state index in [4.69, 9.17) is 14.5 Å². The number of hydrogen-bond donors (Lipinski definition) is 0. The summed E-state index contributed by atoms with van der Waals surface area (Å²) in [7, 11) is 2.20. The van der Waals surface area contributed by atoms with Gasteiger partial charge in [-0.1, -0.05) is 18.2 Å². The average molecular weight is 548 g/mol. The molecule has 1 amide bonds. The van der Waals surface area contributed by atoms with Crippen LogP contribution in [0.5, 0.6) is 0 Å². The first-order chi connectivity index (χ1) is 19.3. The maximum absolute atomic E-state index is 13.6. The van der Waals surface area contributed by atoms with Gasteiger partial charge in [-0.25, -0.2) is 4.79 Å². The lowest BCUT2D eigenvalue weighted by atomic mass is 9.89. The number of likely N-dealkylation sites (N-methyl/N-ethyl adjacent to an activating group) is 1. The first-order valence-corrected chi connectivity index (χ1v) is 15.1. The summed E-state index contributed by atoms with van der Waals surface area (Å²) in [6.07, 6.45) is 5.88. The van der Waals surface area contributed by atoms with Gasteiger partial charge in [0.2, 0.25) is 0 Å². The fraction of sp³-hybridized carbons (Fsp3) is 0.625. The highest BCUT2D eigenvalue weighted by Gasteiger charge is 2.37. The lowest BCUT2D eigenvalue weighted by Gasteiger charge is -2.45. The van der Waals surface area contributed by atoms with Crippen LogP contribution >= 0.6 is 0 Å². The molecule has 1 aliphatic carbocycles. The van der Waals surface area contributed by atoms with Gasteiger partial charge in [0.15, 0.2) is 0 Å². The molecule has 216 valence electrons. The van der Waals surface area contributed by atoms with Crippen molar-refractivity contribution in [3.63, 3.8) is 0 Å². The number of carbonyl (C=O) groups is 1. The van der Waals surface area contributed by atoms with E-state index in [0.29, 0.717) is 12.6 Å². The standard InChI is InChI=1S/C32H45N5O3/c1-32(2,3)40-31(38)37-19-24-9-6-11-28(36-16-14-35(15-17-36)26-21-39-22-26)27(24)18-25(37)20-34(4)29-12-5-8-23-10-7-13-33-30(23)29/h6-7,9-11,13,25-26,29H,5,8,12,14-22H2,1-4H3. The first-order valence-electron chi connectivity index (χ1n) is 15.1. The van der Waals surface area contributed by atoms with E-state index in [-0.39, 0.29) is 18.2 Å². The van der Waals surface area contributed by atoms with Crippen LogP contribution in [0.2, 0.25) is 0 Å². The molecule has 0 radical (unpaired) electrons. The van der Waals surface area contributed by atoms with E-state index in [9.17, 15) is 4.79 Å². The molecule has 2 aromatic rings. The van der Waals surface area contributed by atoms with Gasteiger partial charge < -0.3 is 14.4 Å². The summed E-state index contributed by atoms with van der Waals surface area (Å²) in [6.45, 7) is 13.1. The number of benzene rings is 1. The van der Waals surface area contributed by atoms with Crippen molar-refractivity contribution in [1.82, 2.24) is 19.7 Å². The van der Waals surface area contributed by atoms with E-state index >= 15 is 0 Å². The predicted octanol–water partition coefficient (Wildman–Crippen LogP) is 4.27. The van der Waals surface area contributed by atoms with E-state index in [0.717, 1.165) is 65.2 Å². The zero-order chi connectivity index (χ0) is 27.9. The molecular formula is C32H45N5O3. The van der Waals surface area contributed by atoms with Crippen LogP contribution in [0.3, 0.4) is 0 Å². The molecule has 0 N–H and O–H groups in total. The largest absolute Gasteiger partial charge is 0.444 e. The second kappa shape index (κ2) is 11.3. The van der Waals surface area contributed by atoms with Crippen LogP contribution in [0.25, 0.3) is 0 Å². The molecule has 40 heavy (non-hydrogen) atoms. The Morgan fingerprint density at radius 1 is 1.10 bits per heavy atom. The van der Waals surface area contributed by atoms with Crippen molar-refractivity contribution in [2.75, 3.05) is 57.9 Å². The molecule has 6 rings (SSSR count). The smallest absolute Gasteiger partial charge is 0.410 e. The lowest BCUT2D eigenvalue weighted by molar-refractivity contribution is -0.0660. The Hall–Kier alpha value is -2.68. The maximum atomic E-state index is 13.6. The summed E-state index contributed by atoms with van der Waals surface area (Å²) in [5, 5.41) is 0. The summed E-state index contributed by atoms with van der Waals surface area (Å²) in [6, 6.07) is 11.8. The molecule has 0 saturated carbocycles. The highest BCUT2D eigenvalue weighted by atomic mass is 16.6. The summed E-state index contributed by atoms with van der Waals surface area (Å²) in [5.41, 5.74) is 5.99. The second-order valence-corrected chi connectivity index (χ2v) is 13.0. The third-order valence-electron chi connectivity index (χ3n) is 9.09. The summed E-state index contributed by atoms with van der Waals surface area (Å²) >= 11 is 0. The van der Waals surface area contributed by atoms with Crippen molar-refractivity contribution in [3.8, 4) is 0 Å². The Kier molecular flexibility index (Phi) is 7.77. The molecule has 1 aromatic heterocycles. The molecule has 8 nitrogen and oxygen atoms in total. The number of amides is 1. The number of pyridine rings is 1. The normalized spacial score (nSPS) is 23.9. The Labute approximate surface area is 239 Å². The summed E-state index contributed by atoms with van der Waals surface area (Å²) in [4.78, 5) is 27.9. The quantitative estimate of drug-likeness (QED) is 0.554. The number of fused-ring (bicyclic) bond motifs is 2. The second-order valence-electron chi connectivity index (χ2n) is 13.0. The molecule has 0 bridgehead atoms. The van der Waals surface area contributed by atoms with Gasteiger partial charge >= 0.3 is 6.09 Å². The molecular weight excluding hydrogens is 502 g/mol. The minimum atomic E-state index is -0.535. The summed E-state index contributed by atoms with van der Waals surface area (Å²) < 4.78 is 11.4. The molecule has 2 unspecified atom stereocenters. The molecule has 4 aliphatic rings.